The zero-order valence-electron chi connectivity index (χ0n) is 4.92. The molecule has 0 aromatic carbocycles. The van der Waals surface area contributed by atoms with Crippen LogP contribution < -0.4 is 5.73 Å². The van der Waals surface area contributed by atoms with Crippen LogP contribution in [0, 0.1) is 6.92 Å². The summed E-state index contributed by atoms with van der Waals surface area (Å²) in [5, 5.41) is 3.79. The molecule has 0 saturated carbocycles. The maximum absolute atomic E-state index is 5.24. The molecule has 1 aromatic rings. The number of anilines is 1. The van der Waals surface area contributed by atoms with E-state index in [0.29, 0.717) is 5.95 Å². The van der Waals surface area contributed by atoms with Gasteiger partial charge in [-0.3, -0.25) is 4.68 Å². The molecule has 0 amide bonds. The van der Waals surface area contributed by atoms with E-state index in [9.17, 15) is 0 Å². The van der Waals surface area contributed by atoms with Gasteiger partial charge in [-0.15, -0.1) is 5.10 Å². The number of nitrogens with two attached hydrogens (primary N) is 1. The van der Waals surface area contributed by atoms with Crippen LogP contribution in [0.25, 0.3) is 0 Å². The highest BCUT2D eigenvalue weighted by Gasteiger charge is 1.94. The van der Waals surface area contributed by atoms with Crippen LogP contribution in [0.15, 0.2) is 0 Å². The molecule has 0 aliphatic carbocycles. The van der Waals surface area contributed by atoms with Crippen LogP contribution in [0.1, 0.15) is 5.82 Å². The second-order valence-corrected chi connectivity index (χ2v) is 1.64. The third-order valence-electron chi connectivity index (χ3n) is 0.997. The summed E-state index contributed by atoms with van der Waals surface area (Å²) in [5.41, 5.74) is 5.24. The molecular weight excluding hydrogens is 104 g/mol. The highest BCUT2D eigenvalue weighted by molar-refractivity contribution is 5.12. The predicted molar refractivity (Wildman–Crippen MR) is 30.2 cm³/mol. The van der Waals surface area contributed by atoms with Crippen molar-refractivity contribution in [3.8, 4) is 0 Å². The highest BCUT2D eigenvalue weighted by Crippen LogP contribution is 1.92. The summed E-state index contributed by atoms with van der Waals surface area (Å²) in [6.45, 7) is 1.85. The summed E-state index contributed by atoms with van der Waals surface area (Å²) in [6.07, 6.45) is 0. The summed E-state index contributed by atoms with van der Waals surface area (Å²) in [5.74, 6) is 1.17. The van der Waals surface area contributed by atoms with Crippen LogP contribution in [0.2, 0.25) is 0 Å². The minimum Gasteiger partial charge on any atom is -0.366 e. The first-order valence-corrected chi connectivity index (χ1v) is 2.33. The molecule has 1 heterocycles. The van der Waals surface area contributed by atoms with Crippen molar-refractivity contribution in [1.29, 1.82) is 0 Å². The lowest BCUT2D eigenvalue weighted by atomic mass is 10.7. The first-order chi connectivity index (χ1) is 3.70. The molecule has 1 rings (SSSR count). The van der Waals surface area contributed by atoms with E-state index in [4.69, 9.17) is 5.73 Å². The Kier molecular flexibility index (Phi) is 0.932. The lowest BCUT2D eigenvalue weighted by molar-refractivity contribution is 0.737. The number of nitrogens with zero attached hydrogens (tertiary/aromatic N) is 3. The smallest absolute Gasteiger partial charge is 0.239 e. The van der Waals surface area contributed by atoms with Gasteiger partial charge < -0.3 is 5.73 Å². The molecule has 0 aliphatic rings. The van der Waals surface area contributed by atoms with E-state index in [1.807, 2.05) is 6.92 Å². The number of hydrogen-bond acceptors (Lipinski definition) is 3. The number of aryl methyl sites for hydroxylation is 2. The minimum absolute atomic E-state index is 0.338. The van der Waals surface area contributed by atoms with Crippen LogP contribution in [0.4, 0.5) is 5.95 Å². The SMILES string of the molecule is Cc1nc(N)nn1C. The zero-order valence-corrected chi connectivity index (χ0v) is 4.92. The highest BCUT2D eigenvalue weighted by atomic mass is 15.4. The van der Waals surface area contributed by atoms with E-state index in [2.05, 4.69) is 10.1 Å². The van der Waals surface area contributed by atoms with Gasteiger partial charge in [0.25, 0.3) is 0 Å². The lowest BCUT2D eigenvalue weighted by Gasteiger charge is -1.84. The molecule has 8 heavy (non-hydrogen) atoms. The van der Waals surface area contributed by atoms with Crippen LogP contribution in [-0.4, -0.2) is 14.8 Å². The van der Waals surface area contributed by atoms with Crippen LogP contribution in [0.5, 0.6) is 0 Å². The first kappa shape index (κ1) is 5.08. The van der Waals surface area contributed by atoms with Gasteiger partial charge in [-0.1, -0.05) is 0 Å². The maximum atomic E-state index is 5.24. The molecule has 1 aromatic heterocycles. The summed E-state index contributed by atoms with van der Waals surface area (Å²) < 4.78 is 1.63. The maximum Gasteiger partial charge on any atom is 0.239 e. The third-order valence-corrected chi connectivity index (χ3v) is 0.997. The van der Waals surface area contributed by atoms with Gasteiger partial charge in [-0.05, 0) is 6.92 Å². The second kappa shape index (κ2) is 1.47. The van der Waals surface area contributed by atoms with Crippen LogP contribution in [-0.2, 0) is 7.05 Å². The van der Waals surface area contributed by atoms with E-state index in [1.165, 1.54) is 0 Å². The van der Waals surface area contributed by atoms with Gasteiger partial charge in [0.15, 0.2) is 0 Å². The summed E-state index contributed by atoms with van der Waals surface area (Å²) in [6, 6.07) is 0. The molecule has 0 fully saturated rings. The van der Waals surface area contributed by atoms with Crippen molar-refractivity contribution in [3.63, 3.8) is 0 Å². The Bertz CT molecular complexity index is 170. The topological polar surface area (TPSA) is 56.7 Å². The van der Waals surface area contributed by atoms with Gasteiger partial charge in [0, 0.05) is 7.05 Å². The van der Waals surface area contributed by atoms with E-state index in [1.54, 1.807) is 11.7 Å². The summed E-state index contributed by atoms with van der Waals surface area (Å²) in [4.78, 5) is 3.84. The van der Waals surface area contributed by atoms with Crippen molar-refractivity contribution in [3.05, 3.63) is 5.82 Å². The van der Waals surface area contributed by atoms with Gasteiger partial charge in [-0.25, -0.2) is 0 Å². The quantitative estimate of drug-likeness (QED) is 0.501. The standard InChI is InChI=1S/C4H8N4/c1-3-6-4(5)7-8(3)2/h1-2H3,(H2,5,7). The normalized spacial score (nSPS) is 9.75. The molecule has 2 N–H and O–H groups in total. The average molecular weight is 112 g/mol. The molecule has 44 valence electrons. The molecule has 0 bridgehead atoms. The van der Waals surface area contributed by atoms with Crippen molar-refractivity contribution in [2.24, 2.45) is 7.05 Å². The molecule has 0 unspecified atom stereocenters. The zero-order chi connectivity index (χ0) is 6.15. The Morgan fingerprint density at radius 3 is 2.38 bits per heavy atom. The van der Waals surface area contributed by atoms with Crippen molar-refractivity contribution >= 4 is 5.95 Å². The fourth-order valence-corrected chi connectivity index (χ4v) is 0.487. The Morgan fingerprint density at radius 2 is 2.25 bits per heavy atom. The summed E-state index contributed by atoms with van der Waals surface area (Å²) in [7, 11) is 1.80. The van der Waals surface area contributed by atoms with Crippen molar-refractivity contribution in [2.45, 2.75) is 6.92 Å². The molecule has 4 nitrogen and oxygen atoms in total. The predicted octanol–water partition coefficient (Wildman–Crippen LogP) is -0.294. The van der Waals surface area contributed by atoms with Gasteiger partial charge >= 0.3 is 0 Å². The first-order valence-electron chi connectivity index (χ1n) is 2.33. The van der Waals surface area contributed by atoms with Crippen LogP contribution >= 0.6 is 0 Å². The van der Waals surface area contributed by atoms with Gasteiger partial charge in [0.1, 0.15) is 5.82 Å². The average Bonchev–Trinajstić information content (AvgIpc) is 1.85. The number of aromatic nitrogens is 3. The Hall–Kier alpha value is -1.06. The van der Waals surface area contributed by atoms with Crippen molar-refractivity contribution in [2.75, 3.05) is 5.73 Å². The Morgan fingerprint density at radius 1 is 1.62 bits per heavy atom. The van der Waals surface area contributed by atoms with Gasteiger partial charge in [0.2, 0.25) is 5.95 Å². The minimum atomic E-state index is 0.338. The fraction of sp³-hybridized carbons (Fsp3) is 0.500. The largest absolute Gasteiger partial charge is 0.366 e. The molecule has 0 saturated heterocycles. The Balaban J connectivity index is 3.14. The molecule has 4 heteroatoms. The van der Waals surface area contributed by atoms with Gasteiger partial charge in [-0.2, -0.15) is 4.98 Å². The van der Waals surface area contributed by atoms with E-state index >= 15 is 0 Å². The van der Waals surface area contributed by atoms with E-state index < -0.39 is 0 Å². The molecule has 0 atom stereocenters. The number of nitrogen functional groups attached to an aromatic ring is 1. The monoisotopic (exact) mass is 112 g/mol. The molecule has 0 radical (unpaired) electrons. The van der Waals surface area contributed by atoms with Gasteiger partial charge in [0.05, 0.1) is 0 Å². The second-order valence-electron chi connectivity index (χ2n) is 1.64. The lowest BCUT2D eigenvalue weighted by Crippen LogP contribution is -1.93. The number of rotatable bonds is 0. The number of hydrogen-bond donors (Lipinski definition) is 1. The van der Waals surface area contributed by atoms with Crippen molar-refractivity contribution in [1.82, 2.24) is 14.8 Å². The van der Waals surface area contributed by atoms with Crippen molar-refractivity contribution < 1.29 is 0 Å². The van der Waals surface area contributed by atoms with E-state index in [-0.39, 0.29) is 0 Å². The fourth-order valence-electron chi connectivity index (χ4n) is 0.487. The summed E-state index contributed by atoms with van der Waals surface area (Å²) >= 11 is 0. The molecule has 0 spiro atoms. The van der Waals surface area contributed by atoms with E-state index in [0.717, 1.165) is 5.82 Å². The molecular formula is C4H8N4. The molecule has 0 aliphatic heterocycles. The Labute approximate surface area is 47.3 Å². The third kappa shape index (κ3) is 0.641. The van der Waals surface area contributed by atoms with Crippen LogP contribution in [0.3, 0.4) is 0 Å².